The number of fused-ring (bicyclic) bond motifs is 2. The average molecular weight is 393 g/mol. The van der Waals surface area contributed by atoms with Gasteiger partial charge in [0.05, 0.1) is 23.9 Å². The van der Waals surface area contributed by atoms with E-state index in [1.807, 2.05) is 6.92 Å². The fourth-order valence-electron chi connectivity index (χ4n) is 2.88. The number of nitrogens with zero attached hydrogens (tertiary/aromatic N) is 3. The van der Waals surface area contributed by atoms with Gasteiger partial charge in [0.25, 0.3) is 0 Å². The van der Waals surface area contributed by atoms with Crippen LogP contribution in [0.1, 0.15) is 18.5 Å². The lowest BCUT2D eigenvalue weighted by molar-refractivity contribution is 0.165. The van der Waals surface area contributed by atoms with Crippen molar-refractivity contribution in [3.8, 4) is 5.75 Å². The Morgan fingerprint density at radius 1 is 1.41 bits per heavy atom. The summed E-state index contributed by atoms with van der Waals surface area (Å²) in [4.78, 5) is 4.84. The molecule has 2 bridgehead atoms. The molecule has 3 aromatic rings. The van der Waals surface area contributed by atoms with Gasteiger partial charge < -0.3 is 14.6 Å². The van der Waals surface area contributed by atoms with Crippen LogP contribution in [-0.4, -0.2) is 38.5 Å². The minimum absolute atomic E-state index is 0.00122. The monoisotopic (exact) mass is 393 g/mol. The molecule has 2 aromatic heterocycles. The zero-order valence-corrected chi connectivity index (χ0v) is 15.2. The van der Waals surface area contributed by atoms with Crippen molar-refractivity contribution in [2.45, 2.75) is 24.0 Å². The molecule has 10 heteroatoms. The number of hydrogen-bond acceptors (Lipinski definition) is 6. The molecule has 0 radical (unpaired) electrons. The number of anilines is 1. The van der Waals surface area contributed by atoms with E-state index in [1.54, 1.807) is 12.3 Å². The Morgan fingerprint density at radius 2 is 2.26 bits per heavy atom. The van der Waals surface area contributed by atoms with Gasteiger partial charge >= 0.3 is 0 Å². The van der Waals surface area contributed by atoms with Crippen LogP contribution in [0.5, 0.6) is 5.75 Å². The van der Waals surface area contributed by atoms with Gasteiger partial charge in [-0.3, -0.25) is 0 Å². The first-order chi connectivity index (χ1) is 13.0. The molecule has 27 heavy (non-hydrogen) atoms. The molecule has 2 N–H and O–H groups in total. The van der Waals surface area contributed by atoms with Gasteiger partial charge in [-0.1, -0.05) is 0 Å². The molecule has 1 aliphatic rings. The molecule has 1 unspecified atom stereocenters. The first kappa shape index (κ1) is 18.0. The average Bonchev–Trinajstić information content (AvgIpc) is 3.08. The molecule has 0 aliphatic carbocycles. The molecule has 0 saturated carbocycles. The molecule has 0 spiro atoms. The van der Waals surface area contributed by atoms with Gasteiger partial charge in [0.1, 0.15) is 36.4 Å². The summed E-state index contributed by atoms with van der Waals surface area (Å²) in [6.07, 6.45) is 2.26. The summed E-state index contributed by atoms with van der Waals surface area (Å²) in [5, 5.41) is 7.30. The standard InChI is InChI=1S/C17H17F2N5O2S/c1-10-13-6-11(19)2-3-14(13)26-12(7-18)8-21-27(25)15-9-20-24-5-4-16(22-10)23-17(15)24/h2-6,9-10,12,21H,7-8H2,1H3,(H,22,23)/t10-,12+,27?/m1/s1. The molecule has 0 amide bonds. The highest BCUT2D eigenvalue weighted by Gasteiger charge is 2.24. The van der Waals surface area contributed by atoms with Crippen LogP contribution in [0, 0.1) is 5.82 Å². The molecule has 3 atom stereocenters. The Morgan fingerprint density at radius 3 is 3.07 bits per heavy atom. The predicted octanol–water partition coefficient (Wildman–Crippen LogP) is 2.38. The molecule has 1 aromatic carbocycles. The topological polar surface area (TPSA) is 86.5 Å². The van der Waals surface area contributed by atoms with Gasteiger partial charge in [-0.25, -0.2) is 18.3 Å². The van der Waals surface area contributed by atoms with Gasteiger partial charge in [-0.2, -0.15) is 5.10 Å². The molecule has 142 valence electrons. The molecule has 3 heterocycles. The molecule has 1 aliphatic heterocycles. The minimum Gasteiger partial charge on any atom is -0.593 e. The van der Waals surface area contributed by atoms with E-state index in [-0.39, 0.29) is 12.6 Å². The van der Waals surface area contributed by atoms with E-state index in [1.165, 1.54) is 28.9 Å². The van der Waals surface area contributed by atoms with E-state index in [0.29, 0.717) is 27.7 Å². The van der Waals surface area contributed by atoms with E-state index in [2.05, 4.69) is 20.1 Å². The Kier molecular flexibility index (Phi) is 4.85. The maximum atomic E-state index is 13.8. The minimum atomic E-state index is -1.64. The number of aromatic nitrogens is 3. The number of alkyl halides is 1. The lowest BCUT2D eigenvalue weighted by Gasteiger charge is -2.22. The molecular weight excluding hydrogens is 376 g/mol. The predicted molar refractivity (Wildman–Crippen MR) is 96.2 cm³/mol. The Labute approximate surface area is 157 Å². The third-order valence-corrected chi connectivity index (χ3v) is 5.36. The summed E-state index contributed by atoms with van der Waals surface area (Å²) in [6, 6.07) is 5.41. The summed E-state index contributed by atoms with van der Waals surface area (Å²) in [5.41, 5.74) is 0.943. The molecule has 4 rings (SSSR count). The first-order valence-electron chi connectivity index (χ1n) is 8.33. The highest BCUT2D eigenvalue weighted by molar-refractivity contribution is 7.89. The summed E-state index contributed by atoms with van der Waals surface area (Å²) in [7, 11) is 0. The Balaban J connectivity index is 1.80. The largest absolute Gasteiger partial charge is 0.593 e. The van der Waals surface area contributed by atoms with E-state index in [0.717, 1.165) is 0 Å². The van der Waals surface area contributed by atoms with Crippen molar-refractivity contribution in [2.24, 2.45) is 0 Å². The molecule has 7 nitrogen and oxygen atoms in total. The van der Waals surface area contributed by atoms with Gasteiger partial charge in [-0.05, 0) is 31.2 Å². The number of nitrogens with one attached hydrogen (secondary N) is 2. The van der Waals surface area contributed by atoms with Crippen molar-refractivity contribution in [3.63, 3.8) is 0 Å². The van der Waals surface area contributed by atoms with Crippen LogP contribution < -0.4 is 14.8 Å². The quantitative estimate of drug-likeness (QED) is 0.618. The van der Waals surface area contributed by atoms with Gasteiger partial charge in [-0.15, -0.1) is 4.72 Å². The molecular formula is C17H17F2N5O2S. The lowest BCUT2D eigenvalue weighted by atomic mass is 10.1. The summed E-state index contributed by atoms with van der Waals surface area (Å²) >= 11 is -1.64. The number of hydrogen-bond donors (Lipinski definition) is 2. The van der Waals surface area contributed by atoms with E-state index in [4.69, 9.17) is 4.74 Å². The number of ether oxygens (including phenoxy) is 1. The normalized spacial score (nSPS) is 22.9. The van der Waals surface area contributed by atoms with Crippen molar-refractivity contribution >= 4 is 22.8 Å². The number of rotatable bonds is 1. The van der Waals surface area contributed by atoms with Crippen molar-refractivity contribution in [1.29, 1.82) is 0 Å². The molecule has 0 fully saturated rings. The van der Waals surface area contributed by atoms with Crippen molar-refractivity contribution in [3.05, 3.63) is 48.0 Å². The van der Waals surface area contributed by atoms with E-state index < -0.39 is 30.0 Å². The maximum Gasteiger partial charge on any atom is 0.238 e. The van der Waals surface area contributed by atoms with Gasteiger partial charge in [0.2, 0.25) is 10.5 Å². The number of benzene rings is 1. The zero-order chi connectivity index (χ0) is 19.0. The van der Waals surface area contributed by atoms with Crippen molar-refractivity contribution in [2.75, 3.05) is 18.5 Å². The first-order valence-corrected chi connectivity index (χ1v) is 9.48. The zero-order valence-electron chi connectivity index (χ0n) is 14.4. The van der Waals surface area contributed by atoms with Crippen molar-refractivity contribution in [1.82, 2.24) is 19.3 Å². The third-order valence-electron chi connectivity index (χ3n) is 4.25. The highest BCUT2D eigenvalue weighted by Crippen LogP contribution is 2.30. The third kappa shape index (κ3) is 3.55. The smallest absolute Gasteiger partial charge is 0.238 e. The molecule has 0 saturated heterocycles. The maximum absolute atomic E-state index is 13.8. The van der Waals surface area contributed by atoms with Crippen LogP contribution in [0.25, 0.3) is 5.65 Å². The highest BCUT2D eigenvalue weighted by atomic mass is 32.2. The van der Waals surface area contributed by atoms with Crippen LogP contribution in [0.3, 0.4) is 0 Å². The van der Waals surface area contributed by atoms with E-state index in [9.17, 15) is 13.3 Å². The van der Waals surface area contributed by atoms with Crippen LogP contribution in [0.2, 0.25) is 0 Å². The second-order valence-electron chi connectivity index (χ2n) is 6.15. The second-order valence-corrected chi connectivity index (χ2v) is 7.42. The van der Waals surface area contributed by atoms with Crippen LogP contribution in [-0.2, 0) is 11.4 Å². The fraction of sp³-hybridized carbons (Fsp3) is 0.294. The Hall–Kier alpha value is -2.43. The van der Waals surface area contributed by atoms with Gasteiger partial charge in [0.15, 0.2) is 0 Å². The lowest BCUT2D eigenvalue weighted by Crippen LogP contribution is -2.36. The number of halogens is 2. The SMILES string of the molecule is C[C@H]1Nc2ccn3ncc(c3n2)[S+]([O-])NC[C@H](CF)Oc2ccc(F)cc21. The van der Waals surface area contributed by atoms with E-state index >= 15 is 0 Å². The van der Waals surface area contributed by atoms with Crippen LogP contribution >= 0.6 is 0 Å². The van der Waals surface area contributed by atoms with Crippen LogP contribution in [0.15, 0.2) is 41.6 Å². The summed E-state index contributed by atoms with van der Waals surface area (Å²) < 4.78 is 49.8. The van der Waals surface area contributed by atoms with Crippen LogP contribution in [0.4, 0.5) is 14.6 Å². The summed E-state index contributed by atoms with van der Waals surface area (Å²) in [5.74, 6) is 0.438. The Bertz CT molecular complexity index is 970. The fourth-order valence-corrected chi connectivity index (χ4v) is 3.82. The van der Waals surface area contributed by atoms with Crippen molar-refractivity contribution < 1.29 is 18.1 Å². The van der Waals surface area contributed by atoms with Gasteiger partial charge in [0, 0.05) is 11.8 Å². The second kappa shape index (κ2) is 7.29. The summed E-state index contributed by atoms with van der Waals surface area (Å²) in [6.45, 7) is 1.03.